The quantitative estimate of drug-likeness (QED) is 0.0204. The maximum absolute atomic E-state index is 13.4. The lowest BCUT2D eigenvalue weighted by Crippen LogP contribution is -2.65. The molecule has 2 heterocycles. The Balaban J connectivity index is 1.64. The van der Waals surface area contributed by atoms with Crippen molar-refractivity contribution >= 4 is 5.91 Å². The molecule has 0 saturated carbocycles. The number of carbonyl (C=O) groups excluding carboxylic acids is 1. The van der Waals surface area contributed by atoms with E-state index in [-0.39, 0.29) is 18.9 Å². The summed E-state index contributed by atoms with van der Waals surface area (Å²) < 4.78 is 22.9. The number of aliphatic hydroxyl groups is 8. The molecule has 14 heteroatoms. The Morgan fingerprint density at radius 3 is 1.10 bits per heavy atom. The molecular weight excluding hydrogens is 1150 g/mol. The van der Waals surface area contributed by atoms with Crippen molar-refractivity contribution in [1.82, 2.24) is 5.32 Å². The predicted molar refractivity (Wildman–Crippen MR) is 374 cm³/mol. The number of ether oxygens (including phenoxy) is 4. The van der Waals surface area contributed by atoms with Gasteiger partial charge in [0.05, 0.1) is 32.0 Å². The van der Waals surface area contributed by atoms with Gasteiger partial charge in [0.2, 0.25) is 5.91 Å². The van der Waals surface area contributed by atoms with Crippen molar-refractivity contribution < 1.29 is 64.6 Å². The largest absolute Gasteiger partial charge is 0.394 e. The summed E-state index contributed by atoms with van der Waals surface area (Å²) in [5, 5.41) is 87.6. The molecule has 2 aliphatic rings. The Morgan fingerprint density at radius 2 is 0.725 bits per heavy atom. The van der Waals surface area contributed by atoms with Crippen LogP contribution in [0.4, 0.5) is 0 Å². The highest BCUT2D eigenvalue weighted by Gasteiger charge is 2.51. The monoisotopic (exact) mass is 1290 g/mol. The Morgan fingerprint density at radius 1 is 0.396 bits per heavy atom. The highest BCUT2D eigenvalue weighted by Crippen LogP contribution is 2.30. The van der Waals surface area contributed by atoms with Gasteiger partial charge in [-0.25, -0.2) is 0 Å². The van der Waals surface area contributed by atoms with Crippen LogP contribution in [0.1, 0.15) is 354 Å². The first-order valence-corrected chi connectivity index (χ1v) is 38.7. The summed E-state index contributed by atoms with van der Waals surface area (Å²) in [6.07, 6.45) is 63.6. The van der Waals surface area contributed by atoms with Crippen LogP contribution >= 0.6 is 0 Å². The fourth-order valence-corrected chi connectivity index (χ4v) is 12.9. The van der Waals surface area contributed by atoms with E-state index in [0.717, 1.165) is 44.9 Å². The summed E-state index contributed by atoms with van der Waals surface area (Å²) in [6, 6.07) is -0.915. The fourth-order valence-electron chi connectivity index (χ4n) is 12.9. The van der Waals surface area contributed by atoms with Crippen molar-refractivity contribution in [1.29, 1.82) is 0 Å². The second-order valence-corrected chi connectivity index (χ2v) is 27.5. The standard InChI is InChI=1S/C77H145NO13/c1-3-5-7-9-11-13-15-17-19-21-23-25-27-29-31-33-35-37-39-41-43-45-47-49-51-53-55-57-59-61-69(82)78-65(64-88-76-74(87)72(85)75(68(63-80)90-76)91-77-73(86)71(84)70(83)67(62-79)89-77)66(81)60-58-56-54-52-50-48-46-44-42-40-38-36-34-32-30-28-26-24-22-20-18-16-14-12-10-8-6-4-2/h15,17,21,23,58,60,65-68,70-77,79-81,83-87H,3-14,16,18-20,22,24-57,59,61-64H2,1-2H3,(H,78,82)/b17-15-,23-21-,60-58+. The van der Waals surface area contributed by atoms with Crippen molar-refractivity contribution in [3.05, 3.63) is 36.5 Å². The lowest BCUT2D eigenvalue weighted by molar-refractivity contribution is -0.359. The van der Waals surface area contributed by atoms with Crippen LogP contribution < -0.4 is 5.32 Å². The zero-order valence-electron chi connectivity index (χ0n) is 58.6. The van der Waals surface area contributed by atoms with Gasteiger partial charge in [-0.1, -0.05) is 333 Å². The van der Waals surface area contributed by atoms with E-state index < -0.39 is 86.8 Å². The predicted octanol–water partition coefficient (Wildman–Crippen LogP) is 16.9. The van der Waals surface area contributed by atoms with Crippen LogP contribution in [0.25, 0.3) is 0 Å². The van der Waals surface area contributed by atoms with E-state index in [1.807, 2.05) is 6.08 Å². The molecule has 14 nitrogen and oxygen atoms in total. The minimum Gasteiger partial charge on any atom is -0.394 e. The molecule has 12 unspecified atom stereocenters. The van der Waals surface area contributed by atoms with Crippen LogP contribution in [-0.2, 0) is 23.7 Å². The van der Waals surface area contributed by atoms with Crippen LogP contribution in [0.5, 0.6) is 0 Å². The summed E-state index contributed by atoms with van der Waals surface area (Å²) in [5.41, 5.74) is 0. The van der Waals surface area contributed by atoms with Gasteiger partial charge in [-0.3, -0.25) is 4.79 Å². The molecule has 91 heavy (non-hydrogen) atoms. The minimum absolute atomic E-state index is 0.233. The maximum Gasteiger partial charge on any atom is 0.220 e. The van der Waals surface area contributed by atoms with E-state index in [1.54, 1.807) is 6.08 Å². The van der Waals surface area contributed by atoms with Crippen LogP contribution in [0.2, 0.25) is 0 Å². The van der Waals surface area contributed by atoms with Gasteiger partial charge >= 0.3 is 0 Å². The van der Waals surface area contributed by atoms with Crippen LogP contribution in [-0.4, -0.2) is 140 Å². The lowest BCUT2D eigenvalue weighted by Gasteiger charge is -2.46. The van der Waals surface area contributed by atoms with Crippen molar-refractivity contribution in [3.63, 3.8) is 0 Å². The number of hydrogen-bond acceptors (Lipinski definition) is 13. The third-order valence-electron chi connectivity index (χ3n) is 19.1. The minimum atomic E-state index is -1.79. The summed E-state index contributed by atoms with van der Waals surface area (Å²) >= 11 is 0. The van der Waals surface area contributed by atoms with Gasteiger partial charge in [0, 0.05) is 6.42 Å². The number of unbranched alkanes of at least 4 members (excludes halogenated alkanes) is 48. The number of carbonyl (C=O) groups is 1. The molecule has 0 aromatic rings. The fraction of sp³-hybridized carbons (Fsp3) is 0.909. The maximum atomic E-state index is 13.4. The number of allylic oxidation sites excluding steroid dienone is 5. The van der Waals surface area contributed by atoms with E-state index >= 15 is 0 Å². The van der Waals surface area contributed by atoms with E-state index in [0.29, 0.717) is 6.42 Å². The topological polar surface area (TPSA) is 228 Å². The van der Waals surface area contributed by atoms with Gasteiger partial charge < -0.3 is 65.1 Å². The summed E-state index contributed by atoms with van der Waals surface area (Å²) in [4.78, 5) is 13.4. The van der Waals surface area contributed by atoms with Crippen LogP contribution in [0, 0.1) is 0 Å². The SMILES string of the molecule is CCCCCCC/C=C\C/C=C\CCCCCCCCCCCCCCCCCCCC(=O)NC(COC1OC(CO)C(OC2OC(CO)C(O)C(O)C2O)C(O)C1O)C(O)/C=C/CCCCCCCCCCCCCCCCCCCCCCCCCCCC. The third kappa shape index (κ3) is 45.4. The van der Waals surface area contributed by atoms with Gasteiger partial charge in [-0.05, 0) is 51.4 Å². The van der Waals surface area contributed by atoms with Crippen LogP contribution in [0.3, 0.4) is 0 Å². The van der Waals surface area contributed by atoms with Gasteiger partial charge in [0.25, 0.3) is 0 Å². The molecule has 0 aromatic carbocycles. The zero-order valence-corrected chi connectivity index (χ0v) is 58.6. The smallest absolute Gasteiger partial charge is 0.220 e. The molecule has 0 radical (unpaired) electrons. The van der Waals surface area contributed by atoms with E-state index in [2.05, 4.69) is 43.5 Å². The second-order valence-electron chi connectivity index (χ2n) is 27.5. The first-order chi connectivity index (χ1) is 44.6. The Kier molecular flexibility index (Phi) is 57.9. The normalized spacial score (nSPS) is 22.9. The summed E-state index contributed by atoms with van der Waals surface area (Å²) in [6.45, 7) is 2.85. The van der Waals surface area contributed by atoms with Gasteiger partial charge in [0.15, 0.2) is 12.6 Å². The summed E-state index contributed by atoms with van der Waals surface area (Å²) in [7, 11) is 0. The molecule has 0 bridgehead atoms. The van der Waals surface area contributed by atoms with Crippen molar-refractivity contribution in [2.24, 2.45) is 0 Å². The number of nitrogens with one attached hydrogen (secondary N) is 1. The van der Waals surface area contributed by atoms with Crippen molar-refractivity contribution in [2.45, 2.75) is 428 Å². The first kappa shape index (κ1) is 85.3. The molecule has 2 rings (SSSR count). The van der Waals surface area contributed by atoms with Gasteiger partial charge in [-0.15, -0.1) is 0 Å². The molecule has 2 saturated heterocycles. The molecule has 0 spiro atoms. The first-order valence-electron chi connectivity index (χ1n) is 38.7. The van der Waals surface area contributed by atoms with E-state index in [4.69, 9.17) is 18.9 Å². The molecule has 0 aromatic heterocycles. The highest BCUT2D eigenvalue weighted by atomic mass is 16.7. The lowest BCUT2D eigenvalue weighted by atomic mass is 9.97. The number of hydrogen-bond donors (Lipinski definition) is 9. The van der Waals surface area contributed by atoms with Gasteiger partial charge in [-0.2, -0.15) is 0 Å². The average molecular weight is 1290 g/mol. The Labute approximate surface area is 557 Å². The van der Waals surface area contributed by atoms with Crippen molar-refractivity contribution in [2.75, 3.05) is 19.8 Å². The Bertz CT molecular complexity index is 1670. The average Bonchev–Trinajstić information content (AvgIpc) is 1.06. The molecule has 12 atom stereocenters. The van der Waals surface area contributed by atoms with E-state index in [9.17, 15) is 45.6 Å². The number of aliphatic hydroxyl groups excluding tert-OH is 8. The molecule has 1 amide bonds. The number of amides is 1. The Hall–Kier alpha value is -1.79. The highest BCUT2D eigenvalue weighted by molar-refractivity contribution is 5.76. The third-order valence-corrected chi connectivity index (χ3v) is 19.1. The van der Waals surface area contributed by atoms with Gasteiger partial charge in [0.1, 0.15) is 48.8 Å². The number of rotatable bonds is 65. The molecule has 2 fully saturated rings. The molecule has 9 N–H and O–H groups in total. The molecular formula is C77H145NO13. The molecule has 2 aliphatic heterocycles. The summed E-state index contributed by atoms with van der Waals surface area (Å²) in [5.74, 6) is -0.233. The van der Waals surface area contributed by atoms with Crippen LogP contribution in [0.15, 0.2) is 36.5 Å². The molecule has 0 aliphatic carbocycles. The molecule has 536 valence electrons. The second kappa shape index (κ2) is 61.8. The van der Waals surface area contributed by atoms with E-state index in [1.165, 1.54) is 283 Å². The zero-order chi connectivity index (χ0) is 65.9. The van der Waals surface area contributed by atoms with Crippen molar-refractivity contribution in [3.8, 4) is 0 Å².